The van der Waals surface area contributed by atoms with Gasteiger partial charge >= 0.3 is 0 Å². The van der Waals surface area contributed by atoms with E-state index in [1.807, 2.05) is 12.1 Å². The fourth-order valence-electron chi connectivity index (χ4n) is 2.67. The van der Waals surface area contributed by atoms with Crippen LogP contribution in [0.3, 0.4) is 0 Å². The molecule has 0 saturated heterocycles. The summed E-state index contributed by atoms with van der Waals surface area (Å²) in [6.45, 7) is 0.450. The van der Waals surface area contributed by atoms with Crippen molar-refractivity contribution in [1.82, 2.24) is 10.3 Å². The minimum atomic E-state index is -0.660. The number of benzene rings is 1. The molecule has 0 aliphatic carbocycles. The molecule has 1 aliphatic heterocycles. The lowest BCUT2D eigenvalue weighted by Crippen LogP contribution is -2.36. The smallest absolute Gasteiger partial charge is 0.228 e. The molecule has 0 spiro atoms. The Morgan fingerprint density at radius 1 is 1.30 bits per heavy atom. The Balaban J connectivity index is 1.68. The minimum absolute atomic E-state index is 0.0253. The Hall–Kier alpha value is -2.76. The number of fused-ring (bicyclic) bond motifs is 1. The van der Waals surface area contributed by atoms with Crippen LogP contribution in [0.1, 0.15) is 23.5 Å². The molecular weight excluding hydrogens is 297 g/mol. The molecule has 23 heavy (non-hydrogen) atoms. The van der Waals surface area contributed by atoms with Crippen molar-refractivity contribution in [3.05, 3.63) is 59.7 Å². The maximum atomic E-state index is 13.5. The van der Waals surface area contributed by atoms with Crippen LogP contribution in [0.4, 0.5) is 10.1 Å². The van der Waals surface area contributed by atoms with Crippen molar-refractivity contribution < 1.29 is 14.0 Å². The number of hydrogen-bond donors (Lipinski definition) is 2. The average molecular weight is 313 g/mol. The number of carbonyl (C=O) groups excluding carboxylic acids is 2. The normalized spacial score (nSPS) is 16.4. The average Bonchev–Trinajstić information content (AvgIpc) is 2.55. The SMILES string of the molecule is O=C1CC(C(=O)NCCc2ccncc2)c2cc(F)ccc2N1. The second kappa shape index (κ2) is 6.56. The third-order valence-electron chi connectivity index (χ3n) is 3.83. The predicted molar refractivity (Wildman–Crippen MR) is 83.3 cm³/mol. The number of amides is 2. The quantitative estimate of drug-likeness (QED) is 0.907. The van der Waals surface area contributed by atoms with Gasteiger partial charge in [0.15, 0.2) is 0 Å². The van der Waals surface area contributed by atoms with Gasteiger partial charge in [-0.3, -0.25) is 14.6 Å². The van der Waals surface area contributed by atoms with Crippen LogP contribution in [0.5, 0.6) is 0 Å². The van der Waals surface area contributed by atoms with Crippen LogP contribution in [0.2, 0.25) is 0 Å². The lowest BCUT2D eigenvalue weighted by atomic mass is 9.89. The van der Waals surface area contributed by atoms with Crippen molar-refractivity contribution in [1.29, 1.82) is 0 Å². The van der Waals surface area contributed by atoms with Crippen LogP contribution in [-0.2, 0) is 16.0 Å². The molecule has 118 valence electrons. The molecule has 6 heteroatoms. The number of halogens is 1. The Kier molecular flexibility index (Phi) is 4.32. The summed E-state index contributed by atoms with van der Waals surface area (Å²) in [4.78, 5) is 28.0. The molecule has 1 atom stereocenters. The molecule has 1 unspecified atom stereocenters. The van der Waals surface area contributed by atoms with Crippen LogP contribution >= 0.6 is 0 Å². The molecule has 1 aromatic heterocycles. The summed E-state index contributed by atoms with van der Waals surface area (Å²) in [5.74, 6) is -1.58. The molecular formula is C17H16FN3O2. The minimum Gasteiger partial charge on any atom is -0.355 e. The maximum Gasteiger partial charge on any atom is 0.228 e. The summed E-state index contributed by atoms with van der Waals surface area (Å²) in [5, 5.41) is 5.48. The monoisotopic (exact) mass is 313 g/mol. The van der Waals surface area contributed by atoms with Gasteiger partial charge in [0.2, 0.25) is 11.8 Å². The van der Waals surface area contributed by atoms with Gasteiger partial charge in [0.25, 0.3) is 0 Å². The summed E-state index contributed by atoms with van der Waals surface area (Å²) < 4.78 is 13.5. The molecule has 0 bridgehead atoms. The van der Waals surface area contributed by atoms with Crippen LogP contribution in [0.25, 0.3) is 0 Å². The van der Waals surface area contributed by atoms with Crippen molar-refractivity contribution in [2.75, 3.05) is 11.9 Å². The van der Waals surface area contributed by atoms with Gasteiger partial charge < -0.3 is 10.6 Å². The highest BCUT2D eigenvalue weighted by Crippen LogP contribution is 2.32. The molecule has 3 rings (SSSR count). The van der Waals surface area contributed by atoms with Crippen LogP contribution in [0, 0.1) is 5.82 Å². The Bertz CT molecular complexity index is 734. The van der Waals surface area contributed by atoms with E-state index in [-0.39, 0.29) is 18.2 Å². The fourth-order valence-corrected chi connectivity index (χ4v) is 2.67. The molecule has 0 saturated carbocycles. The number of pyridine rings is 1. The van der Waals surface area contributed by atoms with Gasteiger partial charge in [-0.05, 0) is 47.9 Å². The highest BCUT2D eigenvalue weighted by Gasteiger charge is 2.30. The summed E-state index contributed by atoms with van der Waals surface area (Å²) in [6.07, 6.45) is 4.09. The number of nitrogens with one attached hydrogen (secondary N) is 2. The third kappa shape index (κ3) is 3.53. The standard InChI is InChI=1S/C17H16FN3O2/c18-12-1-2-15-13(9-12)14(10-16(22)21-15)17(23)20-8-5-11-3-6-19-7-4-11/h1-4,6-7,9,14H,5,8,10H2,(H,20,23)(H,21,22). The summed E-state index contributed by atoms with van der Waals surface area (Å²) in [5.41, 5.74) is 2.08. The van der Waals surface area contributed by atoms with Gasteiger partial charge in [0, 0.05) is 31.0 Å². The fraction of sp³-hybridized carbons (Fsp3) is 0.235. The van der Waals surface area contributed by atoms with E-state index in [4.69, 9.17) is 0 Å². The second-order valence-electron chi connectivity index (χ2n) is 5.43. The molecule has 2 amide bonds. The highest BCUT2D eigenvalue weighted by molar-refractivity contribution is 6.01. The largest absolute Gasteiger partial charge is 0.355 e. The molecule has 2 aromatic rings. The molecule has 2 N–H and O–H groups in total. The summed E-state index contributed by atoms with van der Waals surface area (Å²) in [6, 6.07) is 7.82. The van der Waals surface area contributed by atoms with Gasteiger partial charge in [-0.2, -0.15) is 0 Å². The van der Waals surface area contributed by atoms with E-state index in [1.54, 1.807) is 12.4 Å². The lowest BCUT2D eigenvalue weighted by molar-refractivity contribution is -0.126. The molecule has 1 aliphatic rings. The van der Waals surface area contributed by atoms with Crippen molar-refractivity contribution in [2.24, 2.45) is 0 Å². The maximum absolute atomic E-state index is 13.5. The van der Waals surface area contributed by atoms with Gasteiger partial charge in [-0.15, -0.1) is 0 Å². The predicted octanol–water partition coefficient (Wildman–Crippen LogP) is 2.01. The van der Waals surface area contributed by atoms with E-state index in [2.05, 4.69) is 15.6 Å². The molecule has 0 radical (unpaired) electrons. The number of aromatic nitrogens is 1. The molecule has 5 nitrogen and oxygen atoms in total. The summed E-state index contributed by atoms with van der Waals surface area (Å²) >= 11 is 0. The first-order valence-electron chi connectivity index (χ1n) is 7.39. The molecule has 1 aromatic carbocycles. The second-order valence-corrected chi connectivity index (χ2v) is 5.43. The number of hydrogen-bond acceptors (Lipinski definition) is 3. The van der Waals surface area contributed by atoms with E-state index in [1.165, 1.54) is 18.2 Å². The van der Waals surface area contributed by atoms with Crippen molar-refractivity contribution in [2.45, 2.75) is 18.8 Å². The van der Waals surface area contributed by atoms with Gasteiger partial charge in [0.05, 0.1) is 5.92 Å². The van der Waals surface area contributed by atoms with Gasteiger partial charge in [-0.1, -0.05) is 0 Å². The van der Waals surface area contributed by atoms with E-state index < -0.39 is 11.7 Å². The van der Waals surface area contributed by atoms with Crippen LogP contribution in [-0.4, -0.2) is 23.3 Å². The Morgan fingerprint density at radius 3 is 2.87 bits per heavy atom. The first-order chi connectivity index (χ1) is 11.1. The van der Waals surface area contributed by atoms with E-state index in [0.29, 0.717) is 24.2 Å². The van der Waals surface area contributed by atoms with Crippen LogP contribution in [0.15, 0.2) is 42.7 Å². The van der Waals surface area contributed by atoms with Crippen molar-refractivity contribution in [3.63, 3.8) is 0 Å². The number of rotatable bonds is 4. The third-order valence-corrected chi connectivity index (χ3v) is 3.83. The molecule has 2 heterocycles. The highest BCUT2D eigenvalue weighted by atomic mass is 19.1. The zero-order valence-electron chi connectivity index (χ0n) is 12.4. The van der Waals surface area contributed by atoms with E-state index in [9.17, 15) is 14.0 Å². The van der Waals surface area contributed by atoms with Gasteiger partial charge in [0.1, 0.15) is 5.82 Å². The van der Waals surface area contributed by atoms with Crippen molar-refractivity contribution >= 4 is 17.5 Å². The number of carbonyl (C=O) groups is 2. The molecule has 0 fully saturated rings. The van der Waals surface area contributed by atoms with Crippen LogP contribution < -0.4 is 10.6 Å². The van der Waals surface area contributed by atoms with Crippen molar-refractivity contribution in [3.8, 4) is 0 Å². The number of nitrogens with zero attached hydrogens (tertiary/aromatic N) is 1. The Labute approximate surface area is 132 Å². The zero-order valence-corrected chi connectivity index (χ0v) is 12.4. The number of anilines is 1. The van der Waals surface area contributed by atoms with Gasteiger partial charge in [-0.25, -0.2) is 4.39 Å². The topological polar surface area (TPSA) is 71.1 Å². The zero-order chi connectivity index (χ0) is 16.2. The van der Waals surface area contributed by atoms with E-state index >= 15 is 0 Å². The first-order valence-corrected chi connectivity index (χ1v) is 7.39. The summed E-state index contributed by atoms with van der Waals surface area (Å²) in [7, 11) is 0. The first kappa shape index (κ1) is 15.1. The Morgan fingerprint density at radius 2 is 2.09 bits per heavy atom. The van der Waals surface area contributed by atoms with E-state index in [0.717, 1.165) is 5.56 Å². The lowest BCUT2D eigenvalue weighted by Gasteiger charge is -2.24.